The quantitative estimate of drug-likeness (QED) is 0.548. The van der Waals surface area contributed by atoms with E-state index >= 15 is 0 Å². The molecule has 0 spiro atoms. The third-order valence-corrected chi connectivity index (χ3v) is 9.05. The summed E-state index contributed by atoms with van der Waals surface area (Å²) in [7, 11) is 1.41. The molecule has 10 heteroatoms. The SMILES string of the molecule is COc1ccc(OC)c2c1sc(=NC(=O)c1ccc(S(=O)(=O)N3CCC(C)CC3)cc1)n2C. The Morgan fingerprint density at radius 2 is 1.64 bits per heavy atom. The zero-order chi connectivity index (χ0) is 23.8. The maximum Gasteiger partial charge on any atom is 0.279 e. The van der Waals surface area contributed by atoms with Crippen LogP contribution in [0, 0.1) is 5.92 Å². The summed E-state index contributed by atoms with van der Waals surface area (Å²) in [6.45, 7) is 3.18. The molecule has 1 fully saturated rings. The molecule has 3 aromatic rings. The molecule has 4 rings (SSSR count). The molecule has 0 unspecified atom stereocenters. The van der Waals surface area contributed by atoms with Crippen molar-refractivity contribution in [2.75, 3.05) is 27.3 Å². The van der Waals surface area contributed by atoms with Gasteiger partial charge in [-0.05, 0) is 55.2 Å². The highest BCUT2D eigenvalue weighted by Gasteiger charge is 2.28. The van der Waals surface area contributed by atoms with E-state index in [1.54, 1.807) is 18.8 Å². The lowest BCUT2D eigenvalue weighted by Crippen LogP contribution is -2.37. The number of benzene rings is 2. The molecule has 1 amide bonds. The number of hydrogen-bond acceptors (Lipinski definition) is 6. The number of piperidine rings is 1. The summed E-state index contributed by atoms with van der Waals surface area (Å²) in [5.41, 5.74) is 1.10. The number of rotatable bonds is 5. The Hall–Kier alpha value is -2.69. The Labute approximate surface area is 197 Å². The molecule has 176 valence electrons. The van der Waals surface area contributed by atoms with Gasteiger partial charge in [0.25, 0.3) is 5.91 Å². The average molecular weight is 490 g/mol. The number of carbonyl (C=O) groups excluding carboxylic acids is 1. The molecule has 1 aromatic heterocycles. The van der Waals surface area contributed by atoms with Crippen LogP contribution in [-0.2, 0) is 17.1 Å². The minimum Gasteiger partial charge on any atom is -0.495 e. The van der Waals surface area contributed by atoms with Crippen LogP contribution in [0.1, 0.15) is 30.1 Å². The molecular weight excluding hydrogens is 462 g/mol. The van der Waals surface area contributed by atoms with Gasteiger partial charge in [0.1, 0.15) is 21.7 Å². The number of sulfonamides is 1. The molecule has 1 aliphatic rings. The number of amides is 1. The number of fused-ring (bicyclic) bond motifs is 1. The van der Waals surface area contributed by atoms with E-state index in [1.165, 1.54) is 39.9 Å². The van der Waals surface area contributed by atoms with E-state index in [2.05, 4.69) is 11.9 Å². The fourth-order valence-corrected chi connectivity index (χ4v) is 6.52. The number of ether oxygens (including phenoxy) is 2. The van der Waals surface area contributed by atoms with Crippen molar-refractivity contribution >= 4 is 37.5 Å². The molecule has 0 bridgehead atoms. The van der Waals surface area contributed by atoms with E-state index in [-0.39, 0.29) is 4.90 Å². The Kier molecular flexibility index (Phi) is 6.60. The molecule has 8 nitrogen and oxygen atoms in total. The monoisotopic (exact) mass is 489 g/mol. The molecule has 2 aromatic carbocycles. The zero-order valence-electron chi connectivity index (χ0n) is 19.1. The van der Waals surface area contributed by atoms with Crippen LogP contribution in [0.4, 0.5) is 0 Å². The summed E-state index contributed by atoms with van der Waals surface area (Å²) < 4.78 is 40.9. The van der Waals surface area contributed by atoms with Gasteiger partial charge in [-0.3, -0.25) is 4.79 Å². The lowest BCUT2D eigenvalue weighted by Gasteiger charge is -2.29. The molecule has 2 heterocycles. The van der Waals surface area contributed by atoms with Crippen LogP contribution < -0.4 is 14.3 Å². The molecule has 0 aliphatic carbocycles. The number of aromatic nitrogens is 1. The number of methoxy groups -OCH3 is 2. The third kappa shape index (κ3) is 4.42. The first-order chi connectivity index (χ1) is 15.8. The fourth-order valence-electron chi connectivity index (χ4n) is 3.92. The van der Waals surface area contributed by atoms with Gasteiger partial charge in [0, 0.05) is 25.7 Å². The minimum atomic E-state index is -3.56. The van der Waals surface area contributed by atoms with Crippen LogP contribution in [0.5, 0.6) is 11.5 Å². The Balaban J connectivity index is 1.64. The Bertz CT molecular complexity index is 1350. The molecular formula is C23H27N3O5S2. The number of thiazole rings is 1. The standard InChI is InChI=1S/C23H27N3O5S2/c1-15-11-13-26(14-12-15)33(28,29)17-7-5-16(6-8-17)22(27)24-23-25(2)20-18(30-3)9-10-19(31-4)21(20)32-23/h5-10,15H,11-14H2,1-4H3. The first-order valence-electron chi connectivity index (χ1n) is 10.7. The highest BCUT2D eigenvalue weighted by atomic mass is 32.2. The van der Waals surface area contributed by atoms with E-state index in [1.807, 2.05) is 19.2 Å². The van der Waals surface area contributed by atoms with Gasteiger partial charge in [-0.1, -0.05) is 18.3 Å². The normalized spacial score (nSPS) is 16.3. The van der Waals surface area contributed by atoms with E-state index in [0.717, 1.165) is 23.1 Å². The molecule has 0 radical (unpaired) electrons. The lowest BCUT2D eigenvalue weighted by atomic mass is 10.0. The van der Waals surface area contributed by atoms with Crippen LogP contribution in [-0.4, -0.2) is 50.5 Å². The van der Waals surface area contributed by atoms with Crippen molar-refractivity contribution in [3.63, 3.8) is 0 Å². The van der Waals surface area contributed by atoms with Gasteiger partial charge in [-0.25, -0.2) is 8.42 Å². The molecule has 33 heavy (non-hydrogen) atoms. The Morgan fingerprint density at radius 1 is 1.03 bits per heavy atom. The lowest BCUT2D eigenvalue weighted by molar-refractivity contribution is 0.0998. The van der Waals surface area contributed by atoms with Gasteiger partial charge < -0.3 is 14.0 Å². The second-order valence-corrected chi connectivity index (χ2v) is 11.0. The summed E-state index contributed by atoms with van der Waals surface area (Å²) in [6, 6.07) is 9.60. The summed E-state index contributed by atoms with van der Waals surface area (Å²) in [6.07, 6.45) is 1.72. The van der Waals surface area contributed by atoms with Crippen molar-refractivity contribution in [3.8, 4) is 11.5 Å². The molecule has 1 saturated heterocycles. The number of aryl methyl sites for hydroxylation is 1. The van der Waals surface area contributed by atoms with Gasteiger partial charge in [0.15, 0.2) is 4.80 Å². The van der Waals surface area contributed by atoms with Crippen molar-refractivity contribution in [1.82, 2.24) is 8.87 Å². The summed E-state index contributed by atoms with van der Waals surface area (Å²) in [5.74, 6) is 1.40. The summed E-state index contributed by atoms with van der Waals surface area (Å²) in [5, 5.41) is 0. The van der Waals surface area contributed by atoms with Crippen LogP contribution in [0.25, 0.3) is 10.2 Å². The van der Waals surface area contributed by atoms with Crippen molar-refractivity contribution < 1.29 is 22.7 Å². The largest absolute Gasteiger partial charge is 0.495 e. The van der Waals surface area contributed by atoms with E-state index in [9.17, 15) is 13.2 Å². The average Bonchev–Trinajstić information content (AvgIpc) is 3.15. The van der Waals surface area contributed by atoms with Crippen molar-refractivity contribution in [1.29, 1.82) is 0 Å². The Morgan fingerprint density at radius 3 is 2.24 bits per heavy atom. The first kappa shape index (κ1) is 23.5. The van der Waals surface area contributed by atoms with Gasteiger partial charge >= 0.3 is 0 Å². The topological polar surface area (TPSA) is 90.2 Å². The molecule has 0 N–H and O–H groups in total. The number of hydrogen-bond donors (Lipinski definition) is 0. The number of nitrogens with zero attached hydrogens (tertiary/aromatic N) is 3. The van der Waals surface area contributed by atoms with Gasteiger partial charge in [-0.2, -0.15) is 9.30 Å². The van der Waals surface area contributed by atoms with Crippen molar-refractivity contribution in [3.05, 3.63) is 46.8 Å². The zero-order valence-corrected chi connectivity index (χ0v) is 20.7. The van der Waals surface area contributed by atoms with E-state index in [4.69, 9.17) is 9.47 Å². The summed E-state index contributed by atoms with van der Waals surface area (Å²) >= 11 is 1.32. The van der Waals surface area contributed by atoms with E-state index in [0.29, 0.717) is 40.9 Å². The van der Waals surface area contributed by atoms with Gasteiger partial charge in [0.05, 0.1) is 19.1 Å². The maximum atomic E-state index is 12.9. The van der Waals surface area contributed by atoms with Crippen LogP contribution in [0.3, 0.4) is 0 Å². The number of carbonyl (C=O) groups is 1. The van der Waals surface area contributed by atoms with E-state index < -0.39 is 15.9 Å². The van der Waals surface area contributed by atoms with Crippen molar-refractivity contribution in [2.24, 2.45) is 18.0 Å². The molecule has 0 saturated carbocycles. The van der Waals surface area contributed by atoms with Crippen LogP contribution in [0.2, 0.25) is 0 Å². The third-order valence-electron chi connectivity index (χ3n) is 5.99. The molecule has 1 aliphatic heterocycles. The fraction of sp³-hybridized carbons (Fsp3) is 0.391. The first-order valence-corrected chi connectivity index (χ1v) is 12.9. The predicted octanol–water partition coefficient (Wildman–Crippen LogP) is 3.42. The molecule has 0 atom stereocenters. The second-order valence-electron chi connectivity index (χ2n) is 8.12. The minimum absolute atomic E-state index is 0.190. The summed E-state index contributed by atoms with van der Waals surface area (Å²) in [4.78, 5) is 17.8. The van der Waals surface area contributed by atoms with Crippen molar-refractivity contribution in [2.45, 2.75) is 24.7 Å². The second kappa shape index (κ2) is 9.28. The smallest absolute Gasteiger partial charge is 0.279 e. The van der Waals surface area contributed by atoms with Gasteiger partial charge in [-0.15, -0.1) is 0 Å². The van der Waals surface area contributed by atoms with Crippen LogP contribution >= 0.6 is 11.3 Å². The van der Waals surface area contributed by atoms with Crippen LogP contribution in [0.15, 0.2) is 46.3 Å². The predicted molar refractivity (Wildman–Crippen MR) is 127 cm³/mol. The highest BCUT2D eigenvalue weighted by molar-refractivity contribution is 7.89. The maximum absolute atomic E-state index is 12.9. The highest BCUT2D eigenvalue weighted by Crippen LogP contribution is 2.34. The van der Waals surface area contributed by atoms with Gasteiger partial charge in [0.2, 0.25) is 10.0 Å².